The quantitative estimate of drug-likeness (QED) is 0.782. The molecule has 1 aromatic carbocycles. The van der Waals surface area contributed by atoms with E-state index < -0.39 is 24.1 Å². The largest absolute Gasteiger partial charge is 0.477 e. The van der Waals surface area contributed by atoms with Crippen molar-refractivity contribution in [2.75, 3.05) is 0 Å². The Bertz CT molecular complexity index is 834. The lowest BCUT2D eigenvalue weighted by molar-refractivity contribution is 0.0469. The number of aromatic carboxylic acids is 1. The van der Waals surface area contributed by atoms with Gasteiger partial charge < -0.3 is 15.3 Å². The molecule has 1 heterocycles. The van der Waals surface area contributed by atoms with Gasteiger partial charge in [0.2, 0.25) is 0 Å². The molecule has 0 saturated carbocycles. The molecule has 6 nitrogen and oxygen atoms in total. The molecule has 2 aromatic rings. The van der Waals surface area contributed by atoms with Crippen LogP contribution in [0.2, 0.25) is 0 Å². The molecule has 1 aromatic heterocycles. The number of aliphatic hydroxyl groups excluding tert-OH is 2. The number of carboxylic acids is 1. The summed E-state index contributed by atoms with van der Waals surface area (Å²) >= 11 is 0. The highest BCUT2D eigenvalue weighted by Gasteiger charge is 2.28. The van der Waals surface area contributed by atoms with Crippen molar-refractivity contribution in [1.29, 1.82) is 0 Å². The van der Waals surface area contributed by atoms with Crippen LogP contribution in [0.3, 0.4) is 0 Å². The van der Waals surface area contributed by atoms with Crippen LogP contribution in [0.5, 0.6) is 0 Å². The van der Waals surface area contributed by atoms with Crippen LogP contribution in [-0.2, 0) is 0 Å². The third-order valence-electron chi connectivity index (χ3n) is 3.99. The maximum absolute atomic E-state index is 12.8. The summed E-state index contributed by atoms with van der Waals surface area (Å²) in [5, 5.41) is 29.0. The minimum absolute atomic E-state index is 0.132. The predicted octanol–water partition coefficient (Wildman–Crippen LogP) is 1.60. The Morgan fingerprint density at radius 2 is 1.91 bits per heavy atom. The molecule has 0 spiro atoms. The number of hydrogen-bond acceptors (Lipinski definition) is 4. The van der Waals surface area contributed by atoms with Crippen molar-refractivity contribution in [3.63, 3.8) is 0 Å². The molecular formula is C17H15NO5. The summed E-state index contributed by atoms with van der Waals surface area (Å²) in [6.07, 6.45) is 2.23. The lowest BCUT2D eigenvalue weighted by Crippen LogP contribution is -2.24. The van der Waals surface area contributed by atoms with E-state index in [2.05, 4.69) is 0 Å². The number of benzene rings is 1. The van der Waals surface area contributed by atoms with Crippen molar-refractivity contribution in [1.82, 2.24) is 4.57 Å². The molecule has 3 rings (SSSR count). The van der Waals surface area contributed by atoms with E-state index in [9.17, 15) is 24.9 Å². The van der Waals surface area contributed by atoms with Crippen LogP contribution < -0.4 is 0 Å². The highest BCUT2D eigenvalue weighted by atomic mass is 16.4. The summed E-state index contributed by atoms with van der Waals surface area (Å²) < 4.78 is 1.07. The zero-order chi connectivity index (χ0) is 16.7. The van der Waals surface area contributed by atoms with Crippen LogP contribution in [0, 0.1) is 6.92 Å². The van der Waals surface area contributed by atoms with Crippen LogP contribution in [0.4, 0.5) is 0 Å². The zero-order valence-electron chi connectivity index (χ0n) is 12.3. The van der Waals surface area contributed by atoms with Gasteiger partial charge in [-0.2, -0.15) is 0 Å². The molecule has 23 heavy (non-hydrogen) atoms. The smallest absolute Gasteiger partial charge is 0.352 e. The lowest BCUT2D eigenvalue weighted by atomic mass is 9.87. The average Bonchev–Trinajstić information content (AvgIpc) is 3.00. The molecule has 1 aliphatic carbocycles. The van der Waals surface area contributed by atoms with Gasteiger partial charge in [-0.25, -0.2) is 4.79 Å². The van der Waals surface area contributed by atoms with E-state index in [0.29, 0.717) is 22.3 Å². The Morgan fingerprint density at radius 1 is 1.17 bits per heavy atom. The van der Waals surface area contributed by atoms with E-state index in [-0.39, 0.29) is 5.69 Å². The molecule has 6 heteroatoms. The molecule has 2 unspecified atom stereocenters. The fourth-order valence-electron chi connectivity index (χ4n) is 2.80. The Balaban J connectivity index is 2.18. The van der Waals surface area contributed by atoms with Gasteiger partial charge in [-0.15, -0.1) is 0 Å². The lowest BCUT2D eigenvalue weighted by Gasteiger charge is -2.24. The number of fused-ring (bicyclic) bond motifs is 1. The number of aromatic nitrogens is 1. The fourth-order valence-corrected chi connectivity index (χ4v) is 2.80. The summed E-state index contributed by atoms with van der Waals surface area (Å²) in [4.78, 5) is 24.1. The molecule has 3 N–H and O–H groups in total. The SMILES string of the molecule is Cc1ccc2c(c1C(=O)n1cccc1C(=O)O)C=CC(O)C2O. The number of carbonyl (C=O) groups excluding carboxylic acids is 1. The van der Waals surface area contributed by atoms with E-state index in [0.717, 1.165) is 4.57 Å². The number of nitrogens with zero attached hydrogens (tertiary/aromatic N) is 1. The summed E-state index contributed by atoms with van der Waals surface area (Å²) in [6.45, 7) is 1.74. The number of hydrogen-bond donors (Lipinski definition) is 3. The average molecular weight is 313 g/mol. The highest BCUT2D eigenvalue weighted by Crippen LogP contribution is 2.32. The normalized spacial score (nSPS) is 19.4. The molecular weight excluding hydrogens is 298 g/mol. The molecule has 0 fully saturated rings. The van der Waals surface area contributed by atoms with Gasteiger partial charge in [0.15, 0.2) is 0 Å². The predicted molar refractivity (Wildman–Crippen MR) is 82.3 cm³/mol. The van der Waals surface area contributed by atoms with Gasteiger partial charge in [0.25, 0.3) is 5.91 Å². The Morgan fingerprint density at radius 3 is 2.61 bits per heavy atom. The van der Waals surface area contributed by atoms with Crippen molar-refractivity contribution < 1.29 is 24.9 Å². The second kappa shape index (κ2) is 5.49. The van der Waals surface area contributed by atoms with E-state index in [4.69, 9.17) is 0 Å². The first-order valence-corrected chi connectivity index (χ1v) is 7.05. The van der Waals surface area contributed by atoms with Crippen LogP contribution in [0.15, 0.2) is 36.5 Å². The van der Waals surface area contributed by atoms with Gasteiger partial charge in [-0.1, -0.05) is 24.3 Å². The Kier molecular flexibility index (Phi) is 3.63. The minimum atomic E-state index is -1.20. The van der Waals surface area contributed by atoms with Crippen molar-refractivity contribution in [2.24, 2.45) is 0 Å². The van der Waals surface area contributed by atoms with Gasteiger partial charge in [-0.3, -0.25) is 9.36 Å². The van der Waals surface area contributed by atoms with E-state index >= 15 is 0 Å². The van der Waals surface area contributed by atoms with Gasteiger partial charge in [-0.05, 0) is 35.7 Å². The molecule has 0 aliphatic heterocycles. The second-order valence-electron chi connectivity index (χ2n) is 5.43. The van der Waals surface area contributed by atoms with Crippen LogP contribution >= 0.6 is 0 Å². The number of carbonyl (C=O) groups is 2. The zero-order valence-corrected chi connectivity index (χ0v) is 12.3. The van der Waals surface area contributed by atoms with E-state index in [1.807, 2.05) is 0 Å². The second-order valence-corrected chi connectivity index (χ2v) is 5.43. The third kappa shape index (κ3) is 2.38. The molecule has 0 radical (unpaired) electrons. The van der Waals surface area contributed by atoms with Gasteiger partial charge >= 0.3 is 5.97 Å². The van der Waals surface area contributed by atoms with Crippen molar-refractivity contribution in [3.05, 3.63) is 64.5 Å². The summed E-state index contributed by atoms with van der Waals surface area (Å²) in [5.41, 5.74) is 1.78. The van der Waals surface area contributed by atoms with Crippen molar-refractivity contribution in [2.45, 2.75) is 19.1 Å². The first-order chi connectivity index (χ1) is 10.9. The Hall–Kier alpha value is -2.70. The van der Waals surface area contributed by atoms with Gasteiger partial charge in [0, 0.05) is 6.20 Å². The van der Waals surface area contributed by atoms with Gasteiger partial charge in [0.1, 0.15) is 17.9 Å². The maximum atomic E-state index is 12.8. The molecule has 2 atom stereocenters. The van der Waals surface area contributed by atoms with Crippen LogP contribution in [-0.4, -0.2) is 37.9 Å². The standard InChI is InChI=1S/C17H15NO5/c1-9-4-5-11-10(6-7-13(19)15(11)20)14(9)16(21)18-8-2-3-12(18)17(22)23/h2-8,13,15,19-20H,1H3,(H,22,23). The number of carboxylic acid groups (broad SMARTS) is 1. The van der Waals surface area contributed by atoms with Gasteiger partial charge in [0.05, 0.1) is 5.56 Å². The van der Waals surface area contributed by atoms with Crippen molar-refractivity contribution >= 4 is 18.0 Å². The van der Waals surface area contributed by atoms with Crippen LogP contribution in [0.1, 0.15) is 43.6 Å². The molecule has 0 amide bonds. The molecule has 118 valence electrons. The number of aliphatic hydroxyl groups is 2. The first kappa shape index (κ1) is 15.2. The number of rotatable bonds is 2. The topological polar surface area (TPSA) is 99.8 Å². The third-order valence-corrected chi connectivity index (χ3v) is 3.99. The van der Waals surface area contributed by atoms with Crippen molar-refractivity contribution in [3.8, 4) is 0 Å². The minimum Gasteiger partial charge on any atom is -0.477 e. The number of aryl methyl sites for hydroxylation is 1. The molecule has 0 bridgehead atoms. The summed E-state index contributed by atoms with van der Waals surface area (Å²) in [5.74, 6) is -1.69. The van der Waals surface area contributed by atoms with E-state index in [1.165, 1.54) is 24.4 Å². The highest BCUT2D eigenvalue weighted by molar-refractivity contribution is 6.04. The molecule has 0 saturated heterocycles. The summed E-state index contributed by atoms with van der Waals surface area (Å²) in [6, 6.07) is 6.16. The Labute approximate surface area is 131 Å². The fraction of sp³-hybridized carbons (Fsp3) is 0.176. The first-order valence-electron chi connectivity index (χ1n) is 7.05. The monoisotopic (exact) mass is 313 g/mol. The van der Waals surface area contributed by atoms with Crippen LogP contribution in [0.25, 0.3) is 6.08 Å². The maximum Gasteiger partial charge on any atom is 0.352 e. The summed E-state index contributed by atoms with van der Waals surface area (Å²) in [7, 11) is 0. The van der Waals surface area contributed by atoms with E-state index in [1.54, 1.807) is 25.1 Å². The molecule has 1 aliphatic rings.